The van der Waals surface area contributed by atoms with Gasteiger partial charge in [0.2, 0.25) is 0 Å². The number of anilines is 3. The lowest BCUT2D eigenvalue weighted by atomic mass is 9.81. The molecule has 3 atom stereocenters. The van der Waals surface area contributed by atoms with Gasteiger partial charge in [-0.1, -0.05) is 162 Å². The van der Waals surface area contributed by atoms with Crippen molar-refractivity contribution < 1.29 is 13.2 Å². The summed E-state index contributed by atoms with van der Waals surface area (Å²) in [6.07, 6.45) is -0.514. The number of alkyl halides is 3. The molecule has 0 saturated carbocycles. The summed E-state index contributed by atoms with van der Waals surface area (Å²) in [5, 5.41) is 6.33. The number of halogens is 3. The zero-order chi connectivity index (χ0) is 41.1. The van der Waals surface area contributed by atoms with Gasteiger partial charge in [-0.15, -0.1) is 0 Å². The third kappa shape index (κ3) is 14.2. The van der Waals surface area contributed by atoms with Crippen LogP contribution in [0.4, 0.5) is 30.2 Å². The summed E-state index contributed by atoms with van der Waals surface area (Å²) in [7, 11) is 0. The molecular weight excluding hydrogens is 698 g/mol. The maximum atomic E-state index is 10.4. The molecule has 0 radical (unpaired) electrons. The van der Waals surface area contributed by atoms with Gasteiger partial charge < -0.3 is 10.2 Å². The van der Waals surface area contributed by atoms with Gasteiger partial charge in [0.25, 0.3) is 0 Å². The van der Waals surface area contributed by atoms with E-state index >= 15 is 0 Å². The van der Waals surface area contributed by atoms with Gasteiger partial charge in [-0.25, -0.2) is 0 Å². The molecule has 6 aromatic carbocycles. The van der Waals surface area contributed by atoms with Crippen LogP contribution in [0.2, 0.25) is 0 Å². The molecule has 0 aliphatic rings. The van der Waals surface area contributed by atoms with Crippen molar-refractivity contribution in [2.24, 2.45) is 0 Å². The van der Waals surface area contributed by atoms with Crippen molar-refractivity contribution in [1.29, 1.82) is 0 Å². The summed E-state index contributed by atoms with van der Waals surface area (Å²) in [4.78, 5) is 2.37. The highest BCUT2D eigenvalue weighted by atomic mass is 19.4. The van der Waals surface area contributed by atoms with Gasteiger partial charge in [0, 0.05) is 47.9 Å². The van der Waals surface area contributed by atoms with Crippen molar-refractivity contribution in [2.45, 2.75) is 106 Å². The fourth-order valence-corrected chi connectivity index (χ4v) is 6.38. The average Bonchev–Trinajstić information content (AvgIpc) is 3.20. The highest BCUT2D eigenvalue weighted by Gasteiger charge is 2.21. The number of hydrogen-bond donors (Lipinski definition) is 1. The molecular formula is C51H63F3N2. The fraction of sp³-hybridized carbons (Fsp3) is 0.333. The minimum Gasteiger partial charge on any atom is -0.382 e. The number of nitrogens with one attached hydrogen (secondary N) is 1. The molecule has 0 fully saturated rings. The van der Waals surface area contributed by atoms with Crippen LogP contribution in [-0.2, 0) is 0 Å². The van der Waals surface area contributed by atoms with Crippen LogP contribution < -0.4 is 10.2 Å². The Kier molecular flexibility index (Phi) is 18.7. The van der Waals surface area contributed by atoms with Crippen molar-refractivity contribution in [1.82, 2.24) is 0 Å². The number of fused-ring (bicyclic) bond motifs is 1. The van der Waals surface area contributed by atoms with Crippen LogP contribution >= 0.6 is 0 Å². The van der Waals surface area contributed by atoms with E-state index in [1.807, 2.05) is 18.2 Å². The molecule has 5 heteroatoms. The Balaban J connectivity index is 0.000000473. The Hall–Kier alpha value is -5.03. The van der Waals surface area contributed by atoms with Crippen molar-refractivity contribution in [3.05, 3.63) is 173 Å². The summed E-state index contributed by atoms with van der Waals surface area (Å²) in [6, 6.07) is 53.4. The Morgan fingerprint density at radius 3 is 1.46 bits per heavy atom. The third-order valence-electron chi connectivity index (χ3n) is 9.60. The summed E-state index contributed by atoms with van der Waals surface area (Å²) in [5.74, 6) is 0.691. The van der Waals surface area contributed by atoms with E-state index in [9.17, 15) is 13.2 Å². The summed E-state index contributed by atoms with van der Waals surface area (Å²) < 4.78 is 31.1. The van der Waals surface area contributed by atoms with Crippen LogP contribution in [0.3, 0.4) is 0 Å². The number of para-hydroxylation sites is 1. The largest absolute Gasteiger partial charge is 0.386 e. The molecule has 0 spiro atoms. The zero-order valence-electron chi connectivity index (χ0n) is 35.0. The van der Waals surface area contributed by atoms with E-state index in [0.717, 1.165) is 19.4 Å². The van der Waals surface area contributed by atoms with Crippen LogP contribution in [0, 0.1) is 6.92 Å². The monoisotopic (exact) mass is 760 g/mol. The number of benzene rings is 6. The van der Waals surface area contributed by atoms with Gasteiger partial charge in [0.1, 0.15) is 0 Å². The minimum atomic E-state index is -4.00. The molecule has 298 valence electrons. The van der Waals surface area contributed by atoms with Crippen LogP contribution in [-0.4, -0.2) is 18.8 Å². The highest BCUT2D eigenvalue weighted by Crippen LogP contribution is 2.40. The molecule has 3 unspecified atom stereocenters. The second-order valence-electron chi connectivity index (χ2n) is 14.4. The summed E-state index contributed by atoms with van der Waals surface area (Å²) >= 11 is 0. The maximum absolute atomic E-state index is 10.4. The first-order valence-electron chi connectivity index (χ1n) is 20.2. The van der Waals surface area contributed by atoms with E-state index in [1.54, 1.807) is 0 Å². The van der Waals surface area contributed by atoms with E-state index in [1.165, 1.54) is 62.1 Å². The van der Waals surface area contributed by atoms with E-state index in [2.05, 4.69) is 193 Å². The van der Waals surface area contributed by atoms with Crippen LogP contribution in [0.1, 0.15) is 114 Å². The van der Waals surface area contributed by atoms with E-state index in [0.29, 0.717) is 12.0 Å². The first kappa shape index (κ1) is 45.4. The zero-order valence-corrected chi connectivity index (χ0v) is 35.0. The number of hydrogen-bond acceptors (Lipinski definition) is 2. The van der Waals surface area contributed by atoms with Crippen molar-refractivity contribution in [3.63, 3.8) is 0 Å². The quantitative estimate of drug-likeness (QED) is 0.132. The number of rotatable bonds is 11. The van der Waals surface area contributed by atoms with Gasteiger partial charge in [-0.3, -0.25) is 0 Å². The van der Waals surface area contributed by atoms with Crippen molar-refractivity contribution >= 4 is 27.8 Å². The SMILES string of the molecule is CC(F)(F)F.CCC.CCC(C)Nc1ccc(C(c2ccc(C(C)CC)cc2)c2ccc(N(CC)c3ccccc3)cc2)c2ccccc12.Cc1ccccc1. The lowest BCUT2D eigenvalue weighted by Crippen LogP contribution is -2.16. The predicted octanol–water partition coefficient (Wildman–Crippen LogP) is 15.9. The molecule has 6 aromatic rings. The molecule has 6 rings (SSSR count). The molecule has 1 N–H and O–H groups in total. The second kappa shape index (κ2) is 23.1. The Bertz CT molecular complexity index is 1950. The number of nitrogens with zero attached hydrogens (tertiary/aromatic N) is 1. The summed E-state index contributed by atoms with van der Waals surface area (Å²) in [6.45, 7) is 18.7. The molecule has 0 saturated heterocycles. The van der Waals surface area contributed by atoms with E-state index < -0.39 is 6.18 Å². The van der Waals surface area contributed by atoms with Gasteiger partial charge in [0.05, 0.1) is 0 Å². The van der Waals surface area contributed by atoms with Gasteiger partial charge in [-0.05, 0) is 97.5 Å². The first-order valence-corrected chi connectivity index (χ1v) is 20.2. The predicted molar refractivity (Wildman–Crippen MR) is 238 cm³/mol. The maximum Gasteiger partial charge on any atom is 0.386 e. The molecule has 0 heterocycles. The van der Waals surface area contributed by atoms with E-state index in [4.69, 9.17) is 0 Å². The topological polar surface area (TPSA) is 15.3 Å². The normalized spacial score (nSPS) is 12.4. The Morgan fingerprint density at radius 2 is 1.00 bits per heavy atom. The van der Waals surface area contributed by atoms with Crippen LogP contribution in [0.25, 0.3) is 10.8 Å². The van der Waals surface area contributed by atoms with Crippen LogP contribution in [0.15, 0.2) is 146 Å². The Labute approximate surface area is 335 Å². The highest BCUT2D eigenvalue weighted by molar-refractivity contribution is 5.97. The van der Waals surface area contributed by atoms with Crippen molar-refractivity contribution in [3.8, 4) is 0 Å². The summed E-state index contributed by atoms with van der Waals surface area (Å²) in [5.41, 5.74) is 10.3. The molecule has 0 aromatic heterocycles. The molecule has 0 aliphatic carbocycles. The Morgan fingerprint density at radius 1 is 0.554 bits per heavy atom. The molecule has 0 aliphatic heterocycles. The van der Waals surface area contributed by atoms with Crippen molar-refractivity contribution in [2.75, 3.05) is 16.8 Å². The van der Waals surface area contributed by atoms with E-state index in [-0.39, 0.29) is 12.8 Å². The lowest BCUT2D eigenvalue weighted by Gasteiger charge is -2.26. The standard InChI is InChI=1S/C39H44N2.C7H8.C3H8.C2H3F3/c1-6-28(4)30-18-20-31(21-19-30)39(32-22-24-34(25-23-32)41(8-3)33-14-10-9-11-15-33)37-26-27-38(40-29(5)7-2)36-17-13-12-16-35(36)37;1-7-5-3-2-4-6-7;1-3-2;1-2(3,4)5/h9-29,39-40H,6-8H2,1-5H3;2-6H,1H3;3H2,1-2H3;1H3. The molecule has 2 nitrogen and oxygen atoms in total. The first-order chi connectivity index (χ1) is 26.8. The lowest BCUT2D eigenvalue weighted by molar-refractivity contribution is -0.110. The smallest absolute Gasteiger partial charge is 0.382 e. The number of aryl methyl sites for hydroxylation is 1. The second-order valence-corrected chi connectivity index (χ2v) is 14.4. The fourth-order valence-electron chi connectivity index (χ4n) is 6.38. The molecule has 0 amide bonds. The average molecular weight is 761 g/mol. The van der Waals surface area contributed by atoms with Gasteiger partial charge >= 0.3 is 6.18 Å². The van der Waals surface area contributed by atoms with Crippen LogP contribution in [0.5, 0.6) is 0 Å². The third-order valence-corrected chi connectivity index (χ3v) is 9.60. The van der Waals surface area contributed by atoms with Gasteiger partial charge in [0.15, 0.2) is 0 Å². The molecule has 0 bridgehead atoms. The minimum absolute atomic E-state index is 0.129. The van der Waals surface area contributed by atoms with Gasteiger partial charge in [-0.2, -0.15) is 13.2 Å². The molecule has 56 heavy (non-hydrogen) atoms.